The highest BCUT2D eigenvalue weighted by atomic mass is 32.1. The molecule has 8 heteroatoms. The number of aromatic nitrogens is 2. The lowest BCUT2D eigenvalue weighted by molar-refractivity contribution is 0.0603. The Morgan fingerprint density at radius 1 is 1.09 bits per heavy atom. The predicted octanol–water partition coefficient (Wildman–Crippen LogP) is 5.04. The van der Waals surface area contributed by atoms with Crippen LogP contribution in [0.3, 0.4) is 0 Å². The number of nitrogens with zero attached hydrogens (tertiary/aromatic N) is 2. The van der Waals surface area contributed by atoms with Gasteiger partial charge in [-0.05, 0) is 44.0 Å². The molecule has 1 aromatic carbocycles. The van der Waals surface area contributed by atoms with Crippen molar-refractivity contribution in [3.8, 4) is 16.9 Å². The largest absolute Gasteiger partial charge is 0.493 e. The number of methoxy groups -OCH3 is 2. The average Bonchev–Trinajstić information content (AvgIpc) is 3.34. The number of rotatable bonds is 5. The van der Waals surface area contributed by atoms with Crippen molar-refractivity contribution in [3.05, 3.63) is 70.0 Å². The maximum absolute atomic E-state index is 13.3. The van der Waals surface area contributed by atoms with Gasteiger partial charge < -0.3 is 14.8 Å². The van der Waals surface area contributed by atoms with Gasteiger partial charge in [0.15, 0.2) is 11.4 Å². The minimum atomic E-state index is -0.506. The van der Waals surface area contributed by atoms with E-state index in [1.54, 1.807) is 36.8 Å². The third-order valence-corrected chi connectivity index (χ3v) is 6.21. The predicted molar refractivity (Wildman–Crippen MR) is 125 cm³/mol. The molecule has 0 fully saturated rings. The van der Waals surface area contributed by atoms with Crippen LogP contribution in [0.1, 0.15) is 37.7 Å². The first-order valence-electron chi connectivity index (χ1n) is 9.96. The van der Waals surface area contributed by atoms with E-state index in [1.165, 1.54) is 18.4 Å². The zero-order valence-electron chi connectivity index (χ0n) is 18.5. The summed E-state index contributed by atoms with van der Waals surface area (Å²) in [4.78, 5) is 30.5. The summed E-state index contributed by atoms with van der Waals surface area (Å²) in [5.74, 6) is -0.310. The molecule has 0 aliphatic rings. The van der Waals surface area contributed by atoms with Crippen molar-refractivity contribution in [1.82, 2.24) is 9.38 Å². The first-order chi connectivity index (χ1) is 15.3. The van der Waals surface area contributed by atoms with Gasteiger partial charge in [0.25, 0.3) is 5.91 Å². The fourth-order valence-corrected chi connectivity index (χ4v) is 4.67. The monoisotopic (exact) mass is 449 g/mol. The van der Waals surface area contributed by atoms with Gasteiger partial charge >= 0.3 is 5.97 Å². The summed E-state index contributed by atoms with van der Waals surface area (Å²) in [5, 5.41) is 5.19. The van der Waals surface area contributed by atoms with Gasteiger partial charge in [0.1, 0.15) is 16.3 Å². The van der Waals surface area contributed by atoms with Crippen LogP contribution in [0.2, 0.25) is 0 Å². The second-order valence-electron chi connectivity index (χ2n) is 7.43. The molecule has 32 heavy (non-hydrogen) atoms. The van der Waals surface area contributed by atoms with Gasteiger partial charge in [-0.15, -0.1) is 11.3 Å². The minimum Gasteiger partial charge on any atom is -0.493 e. The summed E-state index contributed by atoms with van der Waals surface area (Å²) in [6.07, 6.45) is 1.75. The standard InChI is InChI=1S/C24H23N3O4S/c1-13-8-9-14(2)16(11-13)17-12-32-23(19(17)24(29)31-5)26-22(28)20-15(3)25-21-18(30-4)7-6-10-27(20)21/h6-12H,1-5H3,(H,26,28). The Bertz CT molecular complexity index is 1350. The molecule has 164 valence electrons. The molecule has 7 nitrogen and oxygen atoms in total. The van der Waals surface area contributed by atoms with Gasteiger partial charge in [-0.25, -0.2) is 9.78 Å². The first-order valence-corrected chi connectivity index (χ1v) is 10.8. The van der Waals surface area contributed by atoms with E-state index >= 15 is 0 Å². The minimum absolute atomic E-state index is 0.337. The number of aryl methyl sites for hydroxylation is 3. The van der Waals surface area contributed by atoms with Gasteiger partial charge in [-0.2, -0.15) is 0 Å². The Morgan fingerprint density at radius 3 is 2.59 bits per heavy atom. The number of imidazole rings is 1. The van der Waals surface area contributed by atoms with Crippen LogP contribution in [0.4, 0.5) is 5.00 Å². The summed E-state index contributed by atoms with van der Waals surface area (Å²) >= 11 is 1.29. The molecule has 0 unspecified atom stereocenters. The molecule has 4 aromatic rings. The van der Waals surface area contributed by atoms with E-state index in [1.807, 2.05) is 37.4 Å². The van der Waals surface area contributed by atoms with E-state index in [-0.39, 0.29) is 5.91 Å². The highest BCUT2D eigenvalue weighted by Crippen LogP contribution is 2.38. The van der Waals surface area contributed by atoms with Gasteiger partial charge in [-0.3, -0.25) is 9.20 Å². The van der Waals surface area contributed by atoms with Crippen molar-refractivity contribution in [1.29, 1.82) is 0 Å². The Labute approximate surface area is 189 Å². The Kier molecular flexibility index (Phi) is 5.71. The number of pyridine rings is 1. The molecule has 0 aliphatic carbocycles. The molecule has 3 aromatic heterocycles. The summed E-state index contributed by atoms with van der Waals surface area (Å²) in [6.45, 7) is 5.75. The second-order valence-corrected chi connectivity index (χ2v) is 8.31. The van der Waals surface area contributed by atoms with Crippen LogP contribution in [0.5, 0.6) is 5.75 Å². The third-order valence-electron chi connectivity index (χ3n) is 5.31. The SMILES string of the molecule is COC(=O)c1c(-c2cc(C)ccc2C)csc1NC(=O)c1c(C)nc2c(OC)cccn12. The number of hydrogen-bond acceptors (Lipinski definition) is 6. The van der Waals surface area contributed by atoms with Crippen molar-refractivity contribution in [3.63, 3.8) is 0 Å². The summed E-state index contributed by atoms with van der Waals surface area (Å²) < 4.78 is 12.1. The van der Waals surface area contributed by atoms with Crippen LogP contribution in [0.25, 0.3) is 16.8 Å². The number of thiophene rings is 1. The molecular formula is C24H23N3O4S. The molecule has 0 aliphatic heterocycles. The highest BCUT2D eigenvalue weighted by Gasteiger charge is 2.25. The smallest absolute Gasteiger partial charge is 0.341 e. The summed E-state index contributed by atoms with van der Waals surface area (Å²) in [7, 11) is 2.89. The zero-order chi connectivity index (χ0) is 23.0. The average molecular weight is 450 g/mol. The Balaban J connectivity index is 1.79. The van der Waals surface area contributed by atoms with E-state index in [2.05, 4.69) is 10.3 Å². The Morgan fingerprint density at radius 2 is 1.88 bits per heavy atom. The zero-order valence-corrected chi connectivity index (χ0v) is 19.3. The normalized spacial score (nSPS) is 10.9. The van der Waals surface area contributed by atoms with Crippen molar-refractivity contribution < 1.29 is 19.1 Å². The number of amides is 1. The molecule has 1 N–H and O–H groups in total. The molecular weight excluding hydrogens is 426 g/mol. The second kappa shape index (κ2) is 8.47. The van der Waals surface area contributed by atoms with Gasteiger partial charge in [0.2, 0.25) is 0 Å². The quantitative estimate of drug-likeness (QED) is 0.432. The van der Waals surface area contributed by atoms with Crippen LogP contribution in [-0.2, 0) is 4.74 Å². The number of ether oxygens (including phenoxy) is 2. The number of benzene rings is 1. The fourth-order valence-electron chi connectivity index (χ4n) is 3.73. The number of hydrogen-bond donors (Lipinski definition) is 1. The maximum atomic E-state index is 13.3. The van der Waals surface area contributed by atoms with Crippen LogP contribution in [0.15, 0.2) is 41.9 Å². The lowest BCUT2D eigenvalue weighted by Gasteiger charge is -2.10. The summed E-state index contributed by atoms with van der Waals surface area (Å²) in [6, 6.07) is 9.63. The molecule has 0 bridgehead atoms. The molecule has 0 saturated heterocycles. The van der Waals surface area contributed by atoms with E-state index in [0.29, 0.717) is 33.3 Å². The third kappa shape index (κ3) is 3.62. The molecule has 0 saturated carbocycles. The van der Waals surface area contributed by atoms with Crippen LogP contribution < -0.4 is 10.1 Å². The van der Waals surface area contributed by atoms with Crippen molar-refractivity contribution in [2.24, 2.45) is 0 Å². The number of esters is 1. The molecule has 3 heterocycles. The lowest BCUT2D eigenvalue weighted by Crippen LogP contribution is -2.17. The van der Waals surface area contributed by atoms with Gasteiger partial charge in [0, 0.05) is 17.1 Å². The Hall–Kier alpha value is -3.65. The van der Waals surface area contributed by atoms with E-state index in [4.69, 9.17) is 9.47 Å². The number of carbonyl (C=O) groups is 2. The maximum Gasteiger partial charge on any atom is 0.341 e. The number of anilines is 1. The first kappa shape index (κ1) is 21.6. The molecule has 0 atom stereocenters. The topological polar surface area (TPSA) is 81.9 Å². The van der Waals surface area contributed by atoms with Crippen LogP contribution in [0, 0.1) is 20.8 Å². The molecule has 0 spiro atoms. The molecule has 0 radical (unpaired) electrons. The van der Waals surface area contributed by atoms with Crippen molar-refractivity contribution in [2.75, 3.05) is 19.5 Å². The fraction of sp³-hybridized carbons (Fsp3) is 0.208. The number of fused-ring (bicyclic) bond motifs is 1. The van der Waals surface area contributed by atoms with Gasteiger partial charge in [0.05, 0.1) is 19.9 Å². The van der Waals surface area contributed by atoms with E-state index < -0.39 is 5.97 Å². The lowest BCUT2D eigenvalue weighted by atomic mass is 9.97. The molecule has 1 amide bonds. The van der Waals surface area contributed by atoms with Gasteiger partial charge in [-0.1, -0.05) is 23.8 Å². The van der Waals surface area contributed by atoms with E-state index in [9.17, 15) is 9.59 Å². The number of nitrogens with one attached hydrogen (secondary N) is 1. The molecule has 4 rings (SSSR count). The highest BCUT2D eigenvalue weighted by molar-refractivity contribution is 7.15. The van der Waals surface area contributed by atoms with Crippen LogP contribution >= 0.6 is 11.3 Å². The summed E-state index contributed by atoms with van der Waals surface area (Å²) in [5.41, 5.74) is 5.58. The van der Waals surface area contributed by atoms with Crippen molar-refractivity contribution >= 4 is 33.9 Å². The van der Waals surface area contributed by atoms with E-state index in [0.717, 1.165) is 22.3 Å². The number of carbonyl (C=O) groups excluding carboxylic acids is 2. The van der Waals surface area contributed by atoms with Crippen LogP contribution in [-0.4, -0.2) is 35.5 Å². The van der Waals surface area contributed by atoms with Crippen molar-refractivity contribution in [2.45, 2.75) is 20.8 Å².